The van der Waals surface area contributed by atoms with E-state index in [2.05, 4.69) is 19.2 Å². The monoisotopic (exact) mass is 136 g/mol. The van der Waals surface area contributed by atoms with Gasteiger partial charge in [0.25, 0.3) is 0 Å². The molecule has 0 aliphatic carbocycles. The zero-order valence-corrected chi connectivity index (χ0v) is 6.67. The summed E-state index contributed by atoms with van der Waals surface area (Å²) in [6, 6.07) is 0. The number of thiol groups is 1. The zero-order valence-electron chi connectivity index (χ0n) is 4.78. The van der Waals surface area contributed by atoms with Crippen LogP contribution in [0.2, 0.25) is 0 Å². The van der Waals surface area contributed by atoms with Crippen molar-refractivity contribution < 1.29 is 0 Å². The van der Waals surface area contributed by atoms with Crippen molar-refractivity contribution in [3.8, 4) is 0 Å². The second kappa shape index (κ2) is 6.78. The van der Waals surface area contributed by atoms with Crippen LogP contribution in [0.15, 0.2) is 0 Å². The summed E-state index contributed by atoms with van der Waals surface area (Å²) in [5.74, 6) is 0. The van der Waals surface area contributed by atoms with Crippen LogP contribution in [0, 0.1) is 0 Å². The first-order valence-corrected chi connectivity index (χ1v) is 5.28. The van der Waals surface area contributed by atoms with Gasteiger partial charge in [0, 0.05) is 0 Å². The summed E-state index contributed by atoms with van der Waals surface area (Å²) in [7, 11) is 0.862. The van der Waals surface area contributed by atoms with Gasteiger partial charge in [0.05, 0.1) is 0 Å². The van der Waals surface area contributed by atoms with Crippen molar-refractivity contribution in [2.45, 2.75) is 26.2 Å². The Bertz CT molecular complexity index is 27.3. The Kier molecular flexibility index (Phi) is 7.54. The molecule has 44 valence electrons. The van der Waals surface area contributed by atoms with Gasteiger partial charge < -0.3 is 0 Å². The number of hydrogen-bond acceptors (Lipinski definition) is 1. The SMILES string of the molecule is CCCCCPS. The molecule has 7 heavy (non-hydrogen) atoms. The van der Waals surface area contributed by atoms with Crippen molar-refractivity contribution in [2.24, 2.45) is 0 Å². The molecule has 0 spiro atoms. The van der Waals surface area contributed by atoms with Gasteiger partial charge in [-0.05, 0) is 12.6 Å². The first kappa shape index (κ1) is 7.78. The third-order valence-corrected chi connectivity index (χ3v) is 2.14. The highest BCUT2D eigenvalue weighted by Gasteiger charge is 1.80. The molecule has 0 rings (SSSR count). The van der Waals surface area contributed by atoms with E-state index < -0.39 is 0 Å². The number of rotatable bonds is 4. The van der Waals surface area contributed by atoms with Crippen molar-refractivity contribution in [1.82, 2.24) is 0 Å². The van der Waals surface area contributed by atoms with Gasteiger partial charge >= 0.3 is 0 Å². The summed E-state index contributed by atoms with van der Waals surface area (Å²) in [5.41, 5.74) is 0. The molecule has 0 heterocycles. The maximum Gasteiger partial charge on any atom is -0.0263 e. The molecule has 0 fully saturated rings. The predicted molar refractivity (Wildman–Crippen MR) is 41.7 cm³/mol. The van der Waals surface area contributed by atoms with E-state index in [4.69, 9.17) is 0 Å². The Morgan fingerprint density at radius 3 is 2.57 bits per heavy atom. The number of hydrogen-bond donors (Lipinski definition) is 1. The van der Waals surface area contributed by atoms with E-state index in [0.29, 0.717) is 0 Å². The van der Waals surface area contributed by atoms with E-state index in [-0.39, 0.29) is 0 Å². The molecule has 0 saturated heterocycles. The molecule has 0 saturated carbocycles. The summed E-state index contributed by atoms with van der Waals surface area (Å²) >= 11 is 4.12. The molecule has 0 amide bonds. The van der Waals surface area contributed by atoms with Crippen LogP contribution in [0.4, 0.5) is 0 Å². The molecule has 0 aromatic carbocycles. The van der Waals surface area contributed by atoms with Crippen LogP contribution in [0.5, 0.6) is 0 Å². The molecule has 0 bridgehead atoms. The van der Waals surface area contributed by atoms with Crippen molar-refractivity contribution in [1.29, 1.82) is 0 Å². The van der Waals surface area contributed by atoms with Gasteiger partial charge in [0.1, 0.15) is 0 Å². The highest BCUT2D eigenvalue weighted by Crippen LogP contribution is 2.16. The van der Waals surface area contributed by atoms with Crippen LogP contribution in [0.3, 0.4) is 0 Å². The molecule has 2 heteroatoms. The molecule has 0 N–H and O–H groups in total. The second-order valence-electron chi connectivity index (χ2n) is 1.62. The van der Waals surface area contributed by atoms with Gasteiger partial charge in [0.2, 0.25) is 0 Å². The van der Waals surface area contributed by atoms with Crippen molar-refractivity contribution in [3.63, 3.8) is 0 Å². The third-order valence-electron chi connectivity index (χ3n) is 0.892. The third kappa shape index (κ3) is 6.78. The van der Waals surface area contributed by atoms with E-state index in [1.807, 2.05) is 0 Å². The zero-order chi connectivity index (χ0) is 5.54. The average Bonchev–Trinajstić information content (AvgIpc) is 1.69. The average molecular weight is 136 g/mol. The smallest absolute Gasteiger partial charge is 0.0263 e. The summed E-state index contributed by atoms with van der Waals surface area (Å²) in [6.45, 7) is 2.22. The lowest BCUT2D eigenvalue weighted by Gasteiger charge is -1.90. The van der Waals surface area contributed by atoms with Gasteiger partial charge in [-0.3, -0.25) is 0 Å². The Morgan fingerprint density at radius 1 is 1.43 bits per heavy atom. The topological polar surface area (TPSA) is 0 Å². The minimum absolute atomic E-state index is 0.862. The molecule has 0 aliphatic rings. The fourth-order valence-corrected chi connectivity index (χ4v) is 1.34. The second-order valence-corrected chi connectivity index (χ2v) is 3.38. The molecule has 1 atom stereocenters. The first-order chi connectivity index (χ1) is 3.41. The fraction of sp³-hybridized carbons (Fsp3) is 1.00. The largest absolute Gasteiger partial charge is 0.155 e. The lowest BCUT2D eigenvalue weighted by Crippen LogP contribution is -1.72. The Balaban J connectivity index is 2.45. The predicted octanol–water partition coefficient (Wildman–Crippen LogP) is 2.70. The minimum Gasteiger partial charge on any atom is -0.155 e. The maximum absolute atomic E-state index is 4.12. The van der Waals surface area contributed by atoms with Gasteiger partial charge in [-0.15, -0.1) is 0 Å². The Morgan fingerprint density at radius 2 is 2.14 bits per heavy atom. The highest BCUT2D eigenvalue weighted by atomic mass is 32.7. The van der Waals surface area contributed by atoms with Crippen molar-refractivity contribution in [2.75, 3.05) is 6.16 Å². The normalized spacial score (nSPS) is 11.1. The first-order valence-electron chi connectivity index (χ1n) is 2.78. The van der Waals surface area contributed by atoms with E-state index in [9.17, 15) is 0 Å². The molecule has 1 unspecified atom stereocenters. The van der Waals surface area contributed by atoms with E-state index in [1.54, 1.807) is 0 Å². The molecule has 0 aromatic heterocycles. The van der Waals surface area contributed by atoms with Crippen LogP contribution in [0.1, 0.15) is 26.2 Å². The van der Waals surface area contributed by atoms with Crippen LogP contribution >= 0.6 is 20.0 Å². The lowest BCUT2D eigenvalue weighted by molar-refractivity contribution is 0.778. The molecule has 0 aliphatic heterocycles. The molecule has 0 nitrogen and oxygen atoms in total. The summed E-state index contributed by atoms with van der Waals surface area (Å²) in [5, 5.41) is 0. The van der Waals surface area contributed by atoms with Gasteiger partial charge in [-0.25, -0.2) is 0 Å². The van der Waals surface area contributed by atoms with E-state index in [1.165, 1.54) is 25.4 Å². The quantitative estimate of drug-likeness (QED) is 0.343. The summed E-state index contributed by atoms with van der Waals surface area (Å²) in [4.78, 5) is 0. The minimum atomic E-state index is 0.862. The van der Waals surface area contributed by atoms with Crippen LogP contribution < -0.4 is 0 Å². The number of unbranched alkanes of at least 4 members (excludes halogenated alkanes) is 2. The molecular formula is C5H13PS. The van der Waals surface area contributed by atoms with Crippen molar-refractivity contribution in [3.05, 3.63) is 0 Å². The highest BCUT2D eigenvalue weighted by molar-refractivity contribution is 8.38. The summed E-state index contributed by atoms with van der Waals surface area (Å²) < 4.78 is 0. The lowest BCUT2D eigenvalue weighted by atomic mass is 10.3. The summed E-state index contributed by atoms with van der Waals surface area (Å²) in [6.07, 6.45) is 5.40. The standard InChI is InChI=1S/C5H13PS/c1-2-3-4-5-6-7/h6-7H,2-5H2,1H3. The fourth-order valence-electron chi connectivity index (χ4n) is 0.454. The van der Waals surface area contributed by atoms with Crippen LogP contribution in [-0.2, 0) is 0 Å². The molecule has 0 aromatic rings. The Labute approximate surface area is 53.0 Å². The van der Waals surface area contributed by atoms with Gasteiger partial charge in [0.15, 0.2) is 0 Å². The molecular weight excluding hydrogens is 123 g/mol. The maximum atomic E-state index is 4.12. The Hall–Kier alpha value is 0.780. The van der Waals surface area contributed by atoms with Crippen LogP contribution in [-0.4, -0.2) is 6.16 Å². The van der Waals surface area contributed by atoms with Crippen LogP contribution in [0.25, 0.3) is 0 Å². The van der Waals surface area contributed by atoms with Gasteiger partial charge in [-0.2, -0.15) is 12.2 Å². The van der Waals surface area contributed by atoms with Gasteiger partial charge in [-0.1, -0.05) is 27.5 Å². The van der Waals surface area contributed by atoms with E-state index >= 15 is 0 Å². The van der Waals surface area contributed by atoms with Crippen molar-refractivity contribution >= 4 is 20.0 Å². The molecule has 0 radical (unpaired) electrons. The van der Waals surface area contributed by atoms with E-state index in [0.717, 1.165) is 7.78 Å².